The Bertz CT molecular complexity index is 1270. The summed E-state index contributed by atoms with van der Waals surface area (Å²) in [6, 6.07) is 22.7. The maximum atomic E-state index is 12.2. The Kier molecular flexibility index (Phi) is 3.50. The van der Waals surface area contributed by atoms with E-state index < -0.39 is 0 Å². The number of amides is 1. The van der Waals surface area contributed by atoms with E-state index in [9.17, 15) is 4.79 Å². The molecule has 0 aliphatic carbocycles. The molecular weight excluding hydrogens is 340 g/mol. The van der Waals surface area contributed by atoms with E-state index in [-0.39, 0.29) is 11.7 Å². The summed E-state index contributed by atoms with van der Waals surface area (Å²) in [5, 5.41) is 4.98. The van der Waals surface area contributed by atoms with Crippen molar-refractivity contribution in [1.82, 2.24) is 4.98 Å². The highest BCUT2D eigenvalue weighted by Gasteiger charge is 2.13. The van der Waals surface area contributed by atoms with Crippen LogP contribution in [0.1, 0.15) is 10.6 Å². The monoisotopic (exact) mass is 354 g/mol. The molecule has 0 bridgehead atoms. The van der Waals surface area contributed by atoms with Gasteiger partial charge in [0.15, 0.2) is 11.3 Å². The third kappa shape index (κ3) is 2.75. The predicted molar refractivity (Wildman–Crippen MR) is 104 cm³/mol. The lowest BCUT2D eigenvalue weighted by Crippen LogP contribution is -2.10. The smallest absolute Gasteiger partial charge is 0.291 e. The average molecular weight is 354 g/mol. The molecule has 0 saturated carbocycles. The van der Waals surface area contributed by atoms with Gasteiger partial charge in [0.25, 0.3) is 5.91 Å². The van der Waals surface area contributed by atoms with Crippen LogP contribution in [0.5, 0.6) is 0 Å². The summed E-state index contributed by atoms with van der Waals surface area (Å²) in [4.78, 5) is 16.8. The van der Waals surface area contributed by atoms with E-state index in [2.05, 4.69) is 10.3 Å². The third-order valence-corrected chi connectivity index (χ3v) is 4.40. The number of anilines is 1. The maximum Gasteiger partial charge on any atom is 0.291 e. The second-order valence-corrected chi connectivity index (χ2v) is 6.16. The molecule has 0 saturated heterocycles. The first kappa shape index (κ1) is 15.4. The van der Waals surface area contributed by atoms with Gasteiger partial charge in [0.1, 0.15) is 5.52 Å². The number of hydrogen-bond acceptors (Lipinski definition) is 4. The second-order valence-electron chi connectivity index (χ2n) is 6.16. The molecule has 0 spiro atoms. The van der Waals surface area contributed by atoms with Crippen molar-refractivity contribution in [2.24, 2.45) is 0 Å². The summed E-state index contributed by atoms with van der Waals surface area (Å²) >= 11 is 0. The molecule has 3 aromatic carbocycles. The molecule has 5 aromatic rings. The van der Waals surface area contributed by atoms with Crippen molar-refractivity contribution in [2.75, 3.05) is 5.32 Å². The highest BCUT2D eigenvalue weighted by molar-refractivity contribution is 6.04. The van der Waals surface area contributed by atoms with Crippen molar-refractivity contribution in [3.8, 4) is 11.5 Å². The Morgan fingerprint density at radius 3 is 2.74 bits per heavy atom. The average Bonchev–Trinajstić information content (AvgIpc) is 3.38. The molecule has 0 aliphatic rings. The molecule has 1 N–H and O–H groups in total. The van der Waals surface area contributed by atoms with Crippen molar-refractivity contribution in [1.29, 1.82) is 0 Å². The fourth-order valence-electron chi connectivity index (χ4n) is 3.12. The normalized spacial score (nSPS) is 11.1. The highest BCUT2D eigenvalue weighted by atomic mass is 16.3. The Morgan fingerprint density at radius 1 is 0.926 bits per heavy atom. The van der Waals surface area contributed by atoms with Crippen molar-refractivity contribution in [2.45, 2.75) is 0 Å². The molecule has 0 fully saturated rings. The lowest BCUT2D eigenvalue weighted by atomic mass is 10.1. The molecule has 0 radical (unpaired) electrons. The number of hydrogen-bond donors (Lipinski definition) is 1. The van der Waals surface area contributed by atoms with Crippen LogP contribution in [0.2, 0.25) is 0 Å². The summed E-state index contributed by atoms with van der Waals surface area (Å²) in [5.41, 5.74) is 2.98. The summed E-state index contributed by atoms with van der Waals surface area (Å²) in [5.74, 6) is 0.463. The molecule has 0 atom stereocenters. The van der Waals surface area contributed by atoms with Crippen LogP contribution in [0.3, 0.4) is 0 Å². The second kappa shape index (κ2) is 6.14. The maximum absolute atomic E-state index is 12.2. The minimum atomic E-state index is -0.305. The lowest BCUT2D eigenvalue weighted by molar-refractivity contribution is 0.0996. The first-order chi connectivity index (χ1) is 13.3. The number of nitrogens with one attached hydrogen (secondary N) is 1. The molecule has 0 unspecified atom stereocenters. The summed E-state index contributed by atoms with van der Waals surface area (Å²) in [6.45, 7) is 0. The number of nitrogens with zero attached hydrogens (tertiary/aromatic N) is 1. The van der Waals surface area contributed by atoms with Gasteiger partial charge in [-0.2, -0.15) is 0 Å². The fraction of sp³-hybridized carbons (Fsp3) is 0. The number of carbonyl (C=O) groups is 1. The standard InChI is InChI=1S/C22H14N2O3/c25-21(19-9-4-12-26-19)23-16-7-3-6-15(13-16)22-24-20-17-8-2-1-5-14(17)10-11-18(20)27-22/h1-13H,(H,23,25). The summed E-state index contributed by atoms with van der Waals surface area (Å²) < 4.78 is 11.1. The van der Waals surface area contributed by atoms with Crippen molar-refractivity contribution >= 4 is 33.5 Å². The van der Waals surface area contributed by atoms with Crippen molar-refractivity contribution in [3.05, 3.63) is 84.8 Å². The van der Waals surface area contributed by atoms with E-state index in [1.807, 2.05) is 60.7 Å². The van der Waals surface area contributed by atoms with E-state index in [0.29, 0.717) is 11.6 Å². The Labute approximate surface area is 154 Å². The van der Waals surface area contributed by atoms with Crippen LogP contribution in [-0.2, 0) is 0 Å². The Morgan fingerprint density at radius 2 is 1.85 bits per heavy atom. The molecule has 27 heavy (non-hydrogen) atoms. The quantitative estimate of drug-likeness (QED) is 0.465. The number of fused-ring (bicyclic) bond motifs is 3. The first-order valence-corrected chi connectivity index (χ1v) is 8.51. The largest absolute Gasteiger partial charge is 0.459 e. The van der Waals surface area contributed by atoms with Gasteiger partial charge in [0.2, 0.25) is 5.89 Å². The van der Waals surface area contributed by atoms with Gasteiger partial charge in [-0.25, -0.2) is 4.98 Å². The van der Waals surface area contributed by atoms with Crippen molar-refractivity contribution < 1.29 is 13.6 Å². The van der Waals surface area contributed by atoms with E-state index in [4.69, 9.17) is 8.83 Å². The summed E-state index contributed by atoms with van der Waals surface area (Å²) in [7, 11) is 0. The number of oxazole rings is 1. The van der Waals surface area contributed by atoms with E-state index in [1.165, 1.54) is 6.26 Å². The number of furan rings is 1. The summed E-state index contributed by atoms with van der Waals surface area (Å²) in [6.07, 6.45) is 1.47. The van der Waals surface area contributed by atoms with Crippen LogP contribution in [0.15, 0.2) is 87.9 Å². The number of rotatable bonds is 3. The molecule has 130 valence electrons. The highest BCUT2D eigenvalue weighted by Crippen LogP contribution is 2.30. The van der Waals surface area contributed by atoms with E-state index in [0.717, 1.165) is 27.4 Å². The Balaban J connectivity index is 1.53. The van der Waals surface area contributed by atoms with Crippen LogP contribution in [0.25, 0.3) is 33.3 Å². The number of benzene rings is 3. The van der Waals surface area contributed by atoms with Gasteiger partial charge in [-0.1, -0.05) is 36.4 Å². The molecule has 5 rings (SSSR count). The van der Waals surface area contributed by atoms with Gasteiger partial charge < -0.3 is 14.2 Å². The van der Waals surface area contributed by atoms with Crippen LogP contribution in [-0.4, -0.2) is 10.9 Å². The lowest BCUT2D eigenvalue weighted by Gasteiger charge is -2.04. The molecule has 5 nitrogen and oxygen atoms in total. The van der Waals surface area contributed by atoms with Crippen LogP contribution in [0, 0.1) is 0 Å². The zero-order valence-corrected chi connectivity index (χ0v) is 14.2. The van der Waals surface area contributed by atoms with Gasteiger partial charge in [0, 0.05) is 16.6 Å². The number of carbonyl (C=O) groups excluding carboxylic acids is 1. The SMILES string of the molecule is O=C(Nc1cccc(-c2nc3c(ccc4ccccc43)o2)c1)c1ccco1. The van der Waals surface area contributed by atoms with Gasteiger partial charge in [-0.3, -0.25) is 4.79 Å². The molecule has 2 aromatic heterocycles. The number of aromatic nitrogens is 1. The van der Waals surface area contributed by atoms with Crippen LogP contribution in [0.4, 0.5) is 5.69 Å². The fourth-order valence-corrected chi connectivity index (χ4v) is 3.12. The third-order valence-electron chi connectivity index (χ3n) is 4.40. The molecule has 2 heterocycles. The van der Waals surface area contributed by atoms with E-state index in [1.54, 1.807) is 12.1 Å². The minimum absolute atomic E-state index is 0.258. The van der Waals surface area contributed by atoms with Crippen molar-refractivity contribution in [3.63, 3.8) is 0 Å². The molecular formula is C22H14N2O3. The molecule has 1 amide bonds. The first-order valence-electron chi connectivity index (χ1n) is 8.51. The van der Waals surface area contributed by atoms with Gasteiger partial charge in [-0.15, -0.1) is 0 Å². The van der Waals surface area contributed by atoms with Crippen LogP contribution >= 0.6 is 0 Å². The minimum Gasteiger partial charge on any atom is -0.459 e. The Hall–Kier alpha value is -3.86. The predicted octanol–water partition coefficient (Wildman–Crippen LogP) is 5.49. The zero-order valence-electron chi connectivity index (χ0n) is 14.2. The van der Waals surface area contributed by atoms with Gasteiger partial charge >= 0.3 is 0 Å². The molecule has 0 aliphatic heterocycles. The molecule has 5 heteroatoms. The van der Waals surface area contributed by atoms with Crippen LogP contribution < -0.4 is 5.32 Å². The zero-order chi connectivity index (χ0) is 18.2. The van der Waals surface area contributed by atoms with E-state index >= 15 is 0 Å². The van der Waals surface area contributed by atoms with Gasteiger partial charge in [0.05, 0.1) is 6.26 Å². The van der Waals surface area contributed by atoms with Gasteiger partial charge in [-0.05, 0) is 41.8 Å². The topological polar surface area (TPSA) is 68.3 Å².